The summed E-state index contributed by atoms with van der Waals surface area (Å²) in [6, 6.07) is 10.3. The summed E-state index contributed by atoms with van der Waals surface area (Å²) in [5.41, 5.74) is 1.89. The van der Waals surface area contributed by atoms with Gasteiger partial charge in [0.05, 0.1) is 0 Å². The molecule has 0 aliphatic heterocycles. The summed E-state index contributed by atoms with van der Waals surface area (Å²) in [5, 5.41) is 3.00. The van der Waals surface area contributed by atoms with Crippen LogP contribution in [0.15, 0.2) is 40.9 Å². The zero-order valence-corrected chi connectivity index (χ0v) is 12.4. The second-order valence-electron chi connectivity index (χ2n) is 4.30. The summed E-state index contributed by atoms with van der Waals surface area (Å²) >= 11 is 3.45. The van der Waals surface area contributed by atoms with Gasteiger partial charge in [-0.15, -0.1) is 0 Å². The third-order valence-corrected chi connectivity index (χ3v) is 3.64. The molecule has 0 aromatic heterocycles. The number of halogens is 2. The second kappa shape index (κ2) is 6.17. The quantitative estimate of drug-likeness (QED) is 0.899. The largest absolute Gasteiger partial charge is 0.457 e. The molecule has 1 N–H and O–H groups in total. The molecule has 4 heteroatoms. The maximum absolute atomic E-state index is 13.2. The van der Waals surface area contributed by atoms with Crippen molar-refractivity contribution < 1.29 is 9.13 Å². The van der Waals surface area contributed by atoms with Crippen LogP contribution in [-0.4, -0.2) is 7.05 Å². The van der Waals surface area contributed by atoms with Gasteiger partial charge in [-0.3, -0.25) is 0 Å². The van der Waals surface area contributed by atoms with E-state index in [2.05, 4.69) is 21.2 Å². The SMILES string of the molecule is CNCc1cc(F)ccc1Oc1ccc(Br)c(C)c1. The molecule has 0 spiro atoms. The summed E-state index contributed by atoms with van der Waals surface area (Å²) in [6.07, 6.45) is 0. The lowest BCUT2D eigenvalue weighted by Crippen LogP contribution is -2.06. The Morgan fingerprint density at radius 2 is 2.00 bits per heavy atom. The fraction of sp³-hybridized carbons (Fsp3) is 0.200. The third kappa shape index (κ3) is 3.55. The molecular weight excluding hydrogens is 309 g/mol. The van der Waals surface area contributed by atoms with Gasteiger partial charge in [0.15, 0.2) is 0 Å². The van der Waals surface area contributed by atoms with Crippen LogP contribution in [-0.2, 0) is 6.54 Å². The maximum Gasteiger partial charge on any atom is 0.132 e. The van der Waals surface area contributed by atoms with Crippen LogP contribution in [0.1, 0.15) is 11.1 Å². The van der Waals surface area contributed by atoms with Crippen LogP contribution in [0, 0.1) is 12.7 Å². The first-order valence-corrected chi connectivity index (χ1v) is 6.76. The van der Waals surface area contributed by atoms with Crippen molar-refractivity contribution in [3.63, 3.8) is 0 Å². The van der Waals surface area contributed by atoms with E-state index in [0.717, 1.165) is 21.3 Å². The molecule has 0 atom stereocenters. The van der Waals surface area contributed by atoms with Gasteiger partial charge in [-0.2, -0.15) is 0 Å². The Morgan fingerprint density at radius 1 is 1.21 bits per heavy atom. The highest BCUT2D eigenvalue weighted by Gasteiger charge is 2.07. The summed E-state index contributed by atoms with van der Waals surface area (Å²) in [6.45, 7) is 2.55. The highest BCUT2D eigenvalue weighted by molar-refractivity contribution is 9.10. The Labute approximate surface area is 120 Å². The number of hydrogen-bond donors (Lipinski definition) is 1. The molecule has 0 saturated heterocycles. The lowest BCUT2D eigenvalue weighted by atomic mass is 10.2. The van der Waals surface area contributed by atoms with Crippen LogP contribution in [0.25, 0.3) is 0 Å². The van der Waals surface area contributed by atoms with Gasteiger partial charge >= 0.3 is 0 Å². The molecule has 19 heavy (non-hydrogen) atoms. The molecule has 2 nitrogen and oxygen atoms in total. The molecule has 0 fully saturated rings. The molecular formula is C15H15BrFNO. The van der Waals surface area contributed by atoms with Crippen molar-refractivity contribution in [3.8, 4) is 11.5 Å². The standard InChI is InChI=1S/C15H15BrFNO/c1-10-7-13(4-5-14(10)16)19-15-6-3-12(17)8-11(15)9-18-2/h3-8,18H,9H2,1-2H3. The van der Waals surface area contributed by atoms with Gasteiger partial charge in [0, 0.05) is 16.6 Å². The highest BCUT2D eigenvalue weighted by Crippen LogP contribution is 2.28. The van der Waals surface area contributed by atoms with Crippen LogP contribution < -0.4 is 10.1 Å². The second-order valence-corrected chi connectivity index (χ2v) is 5.15. The van der Waals surface area contributed by atoms with Gasteiger partial charge in [-0.05, 0) is 55.9 Å². The molecule has 0 aliphatic rings. The monoisotopic (exact) mass is 323 g/mol. The normalized spacial score (nSPS) is 10.5. The van der Waals surface area contributed by atoms with E-state index in [1.807, 2.05) is 32.2 Å². The van der Waals surface area contributed by atoms with Crippen molar-refractivity contribution in [2.24, 2.45) is 0 Å². The minimum absolute atomic E-state index is 0.260. The number of ether oxygens (including phenoxy) is 1. The van der Waals surface area contributed by atoms with E-state index in [4.69, 9.17) is 4.74 Å². The average molecular weight is 324 g/mol. The van der Waals surface area contributed by atoms with Gasteiger partial charge in [-0.1, -0.05) is 15.9 Å². The van der Waals surface area contributed by atoms with Gasteiger partial charge < -0.3 is 10.1 Å². The predicted molar refractivity (Wildman–Crippen MR) is 78.1 cm³/mol. The van der Waals surface area contributed by atoms with E-state index >= 15 is 0 Å². The van der Waals surface area contributed by atoms with Crippen molar-refractivity contribution >= 4 is 15.9 Å². The number of rotatable bonds is 4. The first-order valence-electron chi connectivity index (χ1n) is 5.97. The van der Waals surface area contributed by atoms with Gasteiger partial charge in [-0.25, -0.2) is 4.39 Å². The Hall–Kier alpha value is -1.39. The molecule has 0 unspecified atom stereocenters. The Bertz CT molecular complexity index is 586. The zero-order chi connectivity index (χ0) is 13.8. The summed E-state index contributed by atoms with van der Waals surface area (Å²) in [7, 11) is 1.82. The number of aryl methyl sites for hydroxylation is 1. The minimum atomic E-state index is -0.260. The summed E-state index contributed by atoms with van der Waals surface area (Å²) in [4.78, 5) is 0. The topological polar surface area (TPSA) is 21.3 Å². The molecule has 2 aromatic carbocycles. The first-order chi connectivity index (χ1) is 9.10. The first kappa shape index (κ1) is 14.0. The van der Waals surface area contributed by atoms with Crippen LogP contribution >= 0.6 is 15.9 Å². The zero-order valence-electron chi connectivity index (χ0n) is 10.8. The lowest BCUT2D eigenvalue weighted by molar-refractivity contribution is 0.471. The van der Waals surface area contributed by atoms with Crippen LogP contribution in [0.2, 0.25) is 0 Å². The van der Waals surface area contributed by atoms with E-state index in [-0.39, 0.29) is 5.82 Å². The Balaban J connectivity index is 2.29. The van der Waals surface area contributed by atoms with E-state index in [0.29, 0.717) is 12.3 Å². The summed E-state index contributed by atoms with van der Waals surface area (Å²) in [5.74, 6) is 1.15. The number of hydrogen-bond acceptors (Lipinski definition) is 2. The van der Waals surface area contributed by atoms with Gasteiger partial charge in [0.1, 0.15) is 17.3 Å². The van der Waals surface area contributed by atoms with Crippen molar-refractivity contribution in [1.82, 2.24) is 5.32 Å². The molecule has 2 aromatic rings. The maximum atomic E-state index is 13.2. The Morgan fingerprint density at radius 3 is 2.68 bits per heavy atom. The van der Waals surface area contributed by atoms with Crippen molar-refractivity contribution in [2.75, 3.05) is 7.05 Å². The van der Waals surface area contributed by atoms with Crippen molar-refractivity contribution in [1.29, 1.82) is 0 Å². The van der Waals surface area contributed by atoms with Crippen LogP contribution in [0.5, 0.6) is 11.5 Å². The molecule has 100 valence electrons. The molecule has 0 aliphatic carbocycles. The Kier molecular flexibility index (Phi) is 4.56. The van der Waals surface area contributed by atoms with E-state index in [9.17, 15) is 4.39 Å². The van der Waals surface area contributed by atoms with Gasteiger partial charge in [0.2, 0.25) is 0 Å². The molecule has 0 heterocycles. The minimum Gasteiger partial charge on any atom is -0.457 e. The molecule has 2 rings (SSSR count). The number of benzene rings is 2. The molecule has 0 bridgehead atoms. The lowest BCUT2D eigenvalue weighted by Gasteiger charge is -2.12. The molecule has 0 saturated carbocycles. The van der Waals surface area contributed by atoms with Crippen molar-refractivity contribution in [2.45, 2.75) is 13.5 Å². The number of nitrogens with one attached hydrogen (secondary N) is 1. The predicted octanol–water partition coefficient (Wildman–Crippen LogP) is 4.41. The fourth-order valence-corrected chi connectivity index (χ4v) is 2.03. The van der Waals surface area contributed by atoms with Crippen LogP contribution in [0.4, 0.5) is 4.39 Å². The fourth-order valence-electron chi connectivity index (χ4n) is 1.78. The third-order valence-electron chi connectivity index (χ3n) is 2.75. The van der Waals surface area contributed by atoms with Crippen LogP contribution in [0.3, 0.4) is 0 Å². The van der Waals surface area contributed by atoms with Gasteiger partial charge in [0.25, 0.3) is 0 Å². The summed E-state index contributed by atoms with van der Waals surface area (Å²) < 4.78 is 20.1. The average Bonchev–Trinajstić information content (AvgIpc) is 2.37. The molecule has 0 amide bonds. The molecule has 0 radical (unpaired) electrons. The van der Waals surface area contributed by atoms with E-state index in [1.54, 1.807) is 6.07 Å². The van der Waals surface area contributed by atoms with E-state index < -0.39 is 0 Å². The van der Waals surface area contributed by atoms with E-state index in [1.165, 1.54) is 12.1 Å². The smallest absolute Gasteiger partial charge is 0.132 e. The highest BCUT2D eigenvalue weighted by atomic mass is 79.9. The van der Waals surface area contributed by atoms with Crippen molar-refractivity contribution in [3.05, 3.63) is 57.8 Å².